The molecule has 0 bridgehead atoms. The third kappa shape index (κ3) is 2.22. The smallest absolute Gasteiger partial charge is 0.255 e. The lowest BCUT2D eigenvalue weighted by molar-refractivity contribution is 0.0781. The predicted octanol–water partition coefficient (Wildman–Crippen LogP) is 2.91. The van der Waals surface area contributed by atoms with E-state index in [0.29, 0.717) is 0 Å². The number of carbonyl (C=O) groups is 1. The molecule has 1 saturated carbocycles. The van der Waals surface area contributed by atoms with Crippen molar-refractivity contribution in [2.24, 2.45) is 11.8 Å². The highest BCUT2D eigenvalue weighted by molar-refractivity contribution is 6.00. The normalized spacial score (nSPS) is 25.5. The molecule has 0 spiro atoms. The number of nitrogens with zero attached hydrogens (tertiary/aromatic N) is 1. The Kier molecular flexibility index (Phi) is 3.21. The molecule has 2 unspecified atom stereocenters. The topological polar surface area (TPSA) is 32.3 Å². The van der Waals surface area contributed by atoms with E-state index in [2.05, 4.69) is 10.2 Å². The standard InChI is InChI=1S/C16H22N2O/c1-11-6-7-15(17-2)14(8-11)16(19)18-9-12-4-3-5-13(12)10-18/h6-8,12-13,17H,3-5,9-10H2,1-2H3. The number of hydrogen-bond acceptors (Lipinski definition) is 2. The number of benzene rings is 1. The number of hydrogen-bond donors (Lipinski definition) is 1. The second-order valence-corrected chi connectivity index (χ2v) is 5.96. The number of anilines is 1. The van der Waals surface area contributed by atoms with Crippen LogP contribution in [-0.2, 0) is 0 Å². The Morgan fingerprint density at radius 1 is 1.26 bits per heavy atom. The fourth-order valence-electron chi connectivity index (χ4n) is 3.62. The third-order valence-electron chi connectivity index (χ3n) is 4.69. The van der Waals surface area contributed by atoms with Crippen LogP contribution < -0.4 is 5.32 Å². The summed E-state index contributed by atoms with van der Waals surface area (Å²) in [6.07, 6.45) is 3.96. The molecule has 0 radical (unpaired) electrons. The zero-order chi connectivity index (χ0) is 13.4. The molecule has 1 N–H and O–H groups in total. The molecule has 2 atom stereocenters. The van der Waals surface area contributed by atoms with Crippen LogP contribution in [-0.4, -0.2) is 30.9 Å². The first-order valence-electron chi connectivity index (χ1n) is 7.26. The van der Waals surface area contributed by atoms with E-state index in [9.17, 15) is 4.79 Å². The Morgan fingerprint density at radius 3 is 2.58 bits per heavy atom. The Hall–Kier alpha value is -1.51. The minimum atomic E-state index is 0.197. The molecule has 3 rings (SSSR count). The van der Waals surface area contributed by atoms with E-state index in [-0.39, 0.29) is 5.91 Å². The van der Waals surface area contributed by atoms with Gasteiger partial charge in [0.2, 0.25) is 0 Å². The molecule has 1 aromatic rings. The largest absolute Gasteiger partial charge is 0.387 e. The second kappa shape index (κ2) is 4.87. The Balaban J connectivity index is 1.82. The van der Waals surface area contributed by atoms with Crippen molar-refractivity contribution >= 4 is 11.6 Å². The number of carbonyl (C=O) groups excluding carboxylic acids is 1. The Bertz CT molecular complexity index is 486. The van der Waals surface area contributed by atoms with Gasteiger partial charge in [0.05, 0.1) is 5.56 Å². The number of rotatable bonds is 2. The molecule has 1 aromatic carbocycles. The van der Waals surface area contributed by atoms with Crippen molar-refractivity contribution in [3.63, 3.8) is 0 Å². The van der Waals surface area contributed by atoms with Gasteiger partial charge in [0, 0.05) is 25.8 Å². The van der Waals surface area contributed by atoms with E-state index < -0.39 is 0 Å². The average Bonchev–Trinajstić information content (AvgIpc) is 2.98. The average molecular weight is 258 g/mol. The molecular weight excluding hydrogens is 236 g/mol. The highest BCUT2D eigenvalue weighted by Crippen LogP contribution is 2.38. The summed E-state index contributed by atoms with van der Waals surface area (Å²) in [4.78, 5) is 14.8. The monoisotopic (exact) mass is 258 g/mol. The Labute approximate surface area is 115 Å². The maximum absolute atomic E-state index is 12.7. The van der Waals surface area contributed by atoms with Gasteiger partial charge in [0.25, 0.3) is 5.91 Å². The van der Waals surface area contributed by atoms with Gasteiger partial charge in [-0.15, -0.1) is 0 Å². The molecule has 3 nitrogen and oxygen atoms in total. The van der Waals surface area contributed by atoms with E-state index in [1.54, 1.807) is 0 Å². The van der Waals surface area contributed by atoms with Gasteiger partial charge in [-0.1, -0.05) is 18.1 Å². The minimum absolute atomic E-state index is 0.197. The van der Waals surface area contributed by atoms with Crippen LogP contribution in [0.5, 0.6) is 0 Å². The van der Waals surface area contributed by atoms with Crippen molar-refractivity contribution in [3.8, 4) is 0 Å². The molecule has 1 aliphatic heterocycles. The van der Waals surface area contributed by atoms with Crippen LogP contribution in [0.15, 0.2) is 18.2 Å². The maximum atomic E-state index is 12.7. The van der Waals surface area contributed by atoms with Crippen molar-refractivity contribution in [1.29, 1.82) is 0 Å². The predicted molar refractivity (Wildman–Crippen MR) is 77.5 cm³/mol. The van der Waals surface area contributed by atoms with Gasteiger partial charge < -0.3 is 10.2 Å². The number of fused-ring (bicyclic) bond motifs is 1. The van der Waals surface area contributed by atoms with Crippen molar-refractivity contribution in [3.05, 3.63) is 29.3 Å². The molecule has 102 valence electrons. The lowest BCUT2D eigenvalue weighted by Gasteiger charge is -2.19. The van der Waals surface area contributed by atoms with Crippen LogP contribution in [0.25, 0.3) is 0 Å². The van der Waals surface area contributed by atoms with Crippen LogP contribution in [0.4, 0.5) is 5.69 Å². The summed E-state index contributed by atoms with van der Waals surface area (Å²) in [5, 5.41) is 3.13. The van der Waals surface area contributed by atoms with Gasteiger partial charge in [-0.05, 0) is 43.7 Å². The van der Waals surface area contributed by atoms with Crippen LogP contribution in [0.2, 0.25) is 0 Å². The number of likely N-dealkylation sites (tertiary alicyclic amines) is 1. The van der Waals surface area contributed by atoms with Gasteiger partial charge in [0.1, 0.15) is 0 Å². The SMILES string of the molecule is CNc1ccc(C)cc1C(=O)N1CC2CCCC2C1. The van der Waals surface area contributed by atoms with E-state index in [1.165, 1.54) is 19.3 Å². The van der Waals surface area contributed by atoms with Crippen molar-refractivity contribution in [1.82, 2.24) is 4.90 Å². The molecule has 1 amide bonds. The van der Waals surface area contributed by atoms with E-state index in [4.69, 9.17) is 0 Å². The molecule has 1 aliphatic carbocycles. The first-order chi connectivity index (χ1) is 9.19. The van der Waals surface area contributed by atoms with Gasteiger partial charge in [0.15, 0.2) is 0 Å². The fourth-order valence-corrected chi connectivity index (χ4v) is 3.62. The van der Waals surface area contributed by atoms with Gasteiger partial charge >= 0.3 is 0 Å². The van der Waals surface area contributed by atoms with Crippen molar-refractivity contribution < 1.29 is 4.79 Å². The summed E-state index contributed by atoms with van der Waals surface area (Å²) in [5.41, 5.74) is 2.90. The summed E-state index contributed by atoms with van der Waals surface area (Å²) in [6, 6.07) is 6.04. The molecule has 1 heterocycles. The number of amides is 1. The highest BCUT2D eigenvalue weighted by Gasteiger charge is 2.38. The van der Waals surface area contributed by atoms with Gasteiger partial charge in [-0.25, -0.2) is 0 Å². The van der Waals surface area contributed by atoms with Gasteiger partial charge in [-0.3, -0.25) is 4.79 Å². The van der Waals surface area contributed by atoms with E-state index in [1.807, 2.05) is 32.2 Å². The van der Waals surface area contributed by atoms with E-state index >= 15 is 0 Å². The molecule has 3 heteroatoms. The van der Waals surface area contributed by atoms with E-state index in [0.717, 1.165) is 41.7 Å². The first-order valence-corrected chi connectivity index (χ1v) is 7.26. The minimum Gasteiger partial charge on any atom is -0.387 e. The fraction of sp³-hybridized carbons (Fsp3) is 0.562. The molecular formula is C16H22N2O. The third-order valence-corrected chi connectivity index (χ3v) is 4.69. The van der Waals surface area contributed by atoms with Crippen LogP contribution in [0, 0.1) is 18.8 Å². The first kappa shape index (κ1) is 12.5. The quantitative estimate of drug-likeness (QED) is 0.884. The Morgan fingerprint density at radius 2 is 1.95 bits per heavy atom. The molecule has 1 saturated heterocycles. The summed E-state index contributed by atoms with van der Waals surface area (Å²) in [7, 11) is 1.88. The molecule has 2 aliphatic rings. The summed E-state index contributed by atoms with van der Waals surface area (Å²) < 4.78 is 0. The van der Waals surface area contributed by atoms with Crippen molar-refractivity contribution in [2.75, 3.05) is 25.5 Å². The lowest BCUT2D eigenvalue weighted by atomic mass is 10.0. The molecule has 0 aromatic heterocycles. The summed E-state index contributed by atoms with van der Waals surface area (Å²) >= 11 is 0. The highest BCUT2D eigenvalue weighted by atomic mass is 16.2. The summed E-state index contributed by atoms with van der Waals surface area (Å²) in [6.45, 7) is 3.95. The zero-order valence-corrected chi connectivity index (χ0v) is 11.8. The lowest BCUT2D eigenvalue weighted by Crippen LogP contribution is -2.30. The number of aryl methyl sites for hydroxylation is 1. The zero-order valence-electron chi connectivity index (χ0n) is 11.8. The van der Waals surface area contributed by atoms with Crippen molar-refractivity contribution in [2.45, 2.75) is 26.2 Å². The summed E-state index contributed by atoms with van der Waals surface area (Å²) in [5.74, 6) is 1.71. The van der Waals surface area contributed by atoms with Gasteiger partial charge in [-0.2, -0.15) is 0 Å². The molecule has 2 fully saturated rings. The van der Waals surface area contributed by atoms with Crippen LogP contribution >= 0.6 is 0 Å². The molecule has 19 heavy (non-hydrogen) atoms. The van der Waals surface area contributed by atoms with Crippen LogP contribution in [0.3, 0.4) is 0 Å². The maximum Gasteiger partial charge on any atom is 0.255 e. The van der Waals surface area contributed by atoms with Crippen LogP contribution in [0.1, 0.15) is 35.2 Å². The number of nitrogens with one attached hydrogen (secondary N) is 1. The second-order valence-electron chi connectivity index (χ2n) is 5.96.